The second kappa shape index (κ2) is 34.6. The third kappa shape index (κ3) is 30.6. The Bertz CT molecular complexity index is 560. The molecule has 0 aromatic heterocycles. The quantitative estimate of drug-likeness (QED) is 0.0541. The van der Waals surface area contributed by atoms with Crippen LogP contribution in [0.1, 0.15) is 233 Å². The van der Waals surface area contributed by atoms with E-state index in [1.165, 1.54) is 191 Å². The Kier molecular flexibility index (Phi) is 33.9. The second-order valence-corrected chi connectivity index (χ2v) is 13.5. The smallest absolute Gasteiger partial charge is 0.178 e. The number of unbranched alkanes of at least 4 members (excludes halogenated alkanes) is 24. The van der Waals surface area contributed by atoms with Crippen LogP contribution in [0.15, 0.2) is 23.3 Å². The maximum atomic E-state index is 13.3. The lowest BCUT2D eigenvalue weighted by atomic mass is 9.96. The summed E-state index contributed by atoms with van der Waals surface area (Å²) in [6.07, 6.45) is 46.5. The Balaban J connectivity index is 4.73. The van der Waals surface area contributed by atoms with E-state index >= 15 is 0 Å². The van der Waals surface area contributed by atoms with E-state index < -0.39 is 0 Å². The van der Waals surface area contributed by atoms with Crippen molar-refractivity contribution in [2.24, 2.45) is 0 Å². The van der Waals surface area contributed by atoms with E-state index in [4.69, 9.17) is 0 Å². The lowest BCUT2D eigenvalue weighted by Crippen LogP contribution is -1.97. The molecule has 0 saturated heterocycles. The molecule has 0 N–H and O–H groups in total. The normalized spacial score (nSPS) is 12.4. The molecule has 0 spiro atoms. The fourth-order valence-corrected chi connectivity index (χ4v) is 6.22. The van der Waals surface area contributed by atoms with Crippen LogP contribution >= 0.6 is 0 Å². The Morgan fingerprint density at radius 2 is 0.500 bits per heavy atom. The van der Waals surface area contributed by atoms with Crippen LogP contribution in [0.3, 0.4) is 0 Å². The molecular weight excluding hydrogens is 508 g/mol. The first-order chi connectivity index (χ1) is 20.7. The van der Waals surface area contributed by atoms with Crippen LogP contribution in [-0.2, 0) is 4.79 Å². The predicted molar refractivity (Wildman–Crippen MR) is 192 cm³/mol. The summed E-state index contributed by atoms with van der Waals surface area (Å²) in [4.78, 5) is 13.3. The van der Waals surface area contributed by atoms with Gasteiger partial charge in [0.05, 0.1) is 0 Å². The third-order valence-electron chi connectivity index (χ3n) is 9.10. The topological polar surface area (TPSA) is 17.1 Å². The molecule has 0 heterocycles. The average molecular weight is 587 g/mol. The molecular formula is C41H78O. The highest BCUT2D eigenvalue weighted by Crippen LogP contribution is 2.21. The molecule has 0 amide bonds. The third-order valence-corrected chi connectivity index (χ3v) is 9.10. The summed E-state index contributed by atoms with van der Waals surface area (Å²) in [5, 5.41) is 0. The van der Waals surface area contributed by atoms with Gasteiger partial charge in [0.25, 0.3) is 0 Å². The molecule has 42 heavy (non-hydrogen) atoms. The van der Waals surface area contributed by atoms with Crippen molar-refractivity contribution in [1.82, 2.24) is 0 Å². The van der Waals surface area contributed by atoms with Gasteiger partial charge in [0.2, 0.25) is 0 Å². The zero-order valence-corrected chi connectivity index (χ0v) is 29.7. The minimum absolute atomic E-state index is 0.283. The summed E-state index contributed by atoms with van der Waals surface area (Å²) in [6.45, 7) is 9.16. The number of carbonyl (C=O) groups excluding carboxylic acids is 1. The highest BCUT2D eigenvalue weighted by Gasteiger charge is 2.06. The van der Waals surface area contributed by atoms with Crippen molar-refractivity contribution in [3.05, 3.63) is 23.3 Å². The minimum Gasteiger partial charge on any atom is -0.290 e. The van der Waals surface area contributed by atoms with Crippen LogP contribution in [0.2, 0.25) is 0 Å². The summed E-state index contributed by atoms with van der Waals surface area (Å²) in [5.41, 5.74) is 2.85. The van der Waals surface area contributed by atoms with Crippen molar-refractivity contribution < 1.29 is 4.79 Å². The van der Waals surface area contributed by atoms with Crippen molar-refractivity contribution >= 4 is 5.78 Å². The lowest BCUT2D eigenvalue weighted by Gasteiger charge is -2.10. The second-order valence-electron chi connectivity index (χ2n) is 13.5. The number of carbonyl (C=O) groups is 1. The Morgan fingerprint density at radius 1 is 0.310 bits per heavy atom. The number of hydrogen-bond donors (Lipinski definition) is 0. The van der Waals surface area contributed by atoms with Gasteiger partial charge in [-0.05, 0) is 63.5 Å². The van der Waals surface area contributed by atoms with Crippen LogP contribution < -0.4 is 0 Å². The molecule has 0 fully saturated rings. The van der Waals surface area contributed by atoms with Crippen molar-refractivity contribution in [1.29, 1.82) is 0 Å². The molecule has 0 bridgehead atoms. The summed E-state index contributed by atoms with van der Waals surface area (Å²) in [6, 6.07) is 0. The van der Waals surface area contributed by atoms with Gasteiger partial charge < -0.3 is 0 Å². The Hall–Kier alpha value is -0.850. The van der Waals surface area contributed by atoms with Gasteiger partial charge in [0.1, 0.15) is 0 Å². The zero-order valence-electron chi connectivity index (χ0n) is 29.7. The van der Waals surface area contributed by atoms with Gasteiger partial charge >= 0.3 is 0 Å². The molecule has 0 atom stereocenters. The van der Waals surface area contributed by atoms with Gasteiger partial charge in [0, 0.05) is 0 Å². The predicted octanol–water partition coefficient (Wildman–Crippen LogP) is 15.0. The zero-order chi connectivity index (χ0) is 30.8. The Morgan fingerprint density at radius 3 is 0.738 bits per heavy atom. The van der Waals surface area contributed by atoms with E-state index in [1.807, 2.05) is 0 Å². The van der Waals surface area contributed by atoms with Crippen molar-refractivity contribution in [3.8, 4) is 0 Å². The SMILES string of the molecule is CCCCCCCCCCCCC(=CC(=O)C=C(CCCCCC)CCCCCCCCCCCC)CCCCCC. The van der Waals surface area contributed by atoms with Crippen LogP contribution in [0.5, 0.6) is 0 Å². The highest BCUT2D eigenvalue weighted by molar-refractivity contribution is 6.00. The minimum atomic E-state index is 0.283. The largest absolute Gasteiger partial charge is 0.290 e. The van der Waals surface area contributed by atoms with Crippen LogP contribution in [-0.4, -0.2) is 5.78 Å². The molecule has 0 aliphatic rings. The lowest BCUT2D eigenvalue weighted by molar-refractivity contribution is -0.110. The molecule has 0 aliphatic carbocycles. The van der Waals surface area contributed by atoms with Gasteiger partial charge in [-0.3, -0.25) is 4.79 Å². The average Bonchev–Trinajstić information content (AvgIpc) is 2.99. The molecule has 0 aliphatic heterocycles. The van der Waals surface area contributed by atoms with Crippen molar-refractivity contribution in [2.75, 3.05) is 0 Å². The monoisotopic (exact) mass is 587 g/mol. The van der Waals surface area contributed by atoms with E-state index in [0.717, 1.165) is 25.7 Å². The molecule has 0 unspecified atom stereocenters. The van der Waals surface area contributed by atoms with Crippen LogP contribution in [0, 0.1) is 0 Å². The molecule has 0 radical (unpaired) electrons. The molecule has 0 rings (SSSR count). The van der Waals surface area contributed by atoms with Gasteiger partial charge in [-0.25, -0.2) is 0 Å². The molecule has 248 valence electrons. The standard InChI is InChI=1S/C41H78O/c1-5-9-13-17-19-21-23-25-27-31-35-39(33-29-15-11-7-3)37-41(42)38-40(34-30-16-12-8-4)36-32-28-26-24-22-20-18-14-10-6-2/h37-38H,5-36H2,1-4H3. The maximum Gasteiger partial charge on any atom is 0.178 e. The number of ketones is 1. The first-order valence-electron chi connectivity index (χ1n) is 19.6. The molecule has 0 aromatic carbocycles. The first-order valence-corrected chi connectivity index (χ1v) is 19.6. The van der Waals surface area contributed by atoms with E-state index in [-0.39, 0.29) is 5.78 Å². The molecule has 0 aromatic rings. The fourth-order valence-electron chi connectivity index (χ4n) is 6.22. The summed E-state index contributed by atoms with van der Waals surface area (Å²) >= 11 is 0. The fraction of sp³-hybridized carbons (Fsp3) is 0.878. The number of allylic oxidation sites excluding steroid dienone is 4. The van der Waals surface area contributed by atoms with Gasteiger partial charge in [0.15, 0.2) is 5.78 Å². The van der Waals surface area contributed by atoms with Crippen molar-refractivity contribution in [2.45, 2.75) is 233 Å². The van der Waals surface area contributed by atoms with E-state index in [9.17, 15) is 4.79 Å². The summed E-state index contributed by atoms with van der Waals surface area (Å²) < 4.78 is 0. The maximum absolute atomic E-state index is 13.3. The molecule has 1 heteroatoms. The van der Waals surface area contributed by atoms with E-state index in [1.54, 1.807) is 0 Å². The highest BCUT2D eigenvalue weighted by atomic mass is 16.1. The van der Waals surface area contributed by atoms with Gasteiger partial charge in [-0.1, -0.05) is 193 Å². The van der Waals surface area contributed by atoms with E-state index in [0.29, 0.717) is 0 Å². The van der Waals surface area contributed by atoms with Crippen LogP contribution in [0.4, 0.5) is 0 Å². The van der Waals surface area contributed by atoms with Crippen LogP contribution in [0.25, 0.3) is 0 Å². The van der Waals surface area contributed by atoms with Gasteiger partial charge in [-0.15, -0.1) is 0 Å². The van der Waals surface area contributed by atoms with Crippen molar-refractivity contribution in [3.63, 3.8) is 0 Å². The molecule has 0 saturated carbocycles. The first kappa shape index (κ1) is 41.1. The number of hydrogen-bond acceptors (Lipinski definition) is 1. The number of rotatable bonds is 34. The summed E-state index contributed by atoms with van der Waals surface area (Å²) in [7, 11) is 0. The Labute approximate surface area is 266 Å². The summed E-state index contributed by atoms with van der Waals surface area (Å²) in [5.74, 6) is 0.283. The van der Waals surface area contributed by atoms with Gasteiger partial charge in [-0.2, -0.15) is 0 Å². The van der Waals surface area contributed by atoms with E-state index in [2.05, 4.69) is 39.8 Å². The molecule has 1 nitrogen and oxygen atoms in total.